The van der Waals surface area contributed by atoms with Crippen molar-refractivity contribution in [2.75, 3.05) is 13.2 Å². The predicted octanol–water partition coefficient (Wildman–Crippen LogP) is 4.26. The minimum absolute atomic E-state index is 0.0140. The summed E-state index contributed by atoms with van der Waals surface area (Å²) in [6, 6.07) is 15.3. The van der Waals surface area contributed by atoms with Crippen LogP contribution >= 0.6 is 0 Å². The van der Waals surface area contributed by atoms with Crippen molar-refractivity contribution in [1.82, 2.24) is 10.2 Å². The average Bonchev–Trinajstić information content (AvgIpc) is 3.52. The lowest BCUT2D eigenvalue weighted by molar-refractivity contribution is -0.148. The first-order chi connectivity index (χ1) is 16.9. The molecule has 7 nitrogen and oxygen atoms in total. The van der Waals surface area contributed by atoms with Crippen LogP contribution in [-0.2, 0) is 14.3 Å². The number of amides is 2. The highest BCUT2D eigenvalue weighted by molar-refractivity contribution is 5.88. The number of fused-ring (bicyclic) bond motifs is 4. The Labute approximate surface area is 205 Å². The first-order valence-corrected chi connectivity index (χ1v) is 12.5. The van der Waals surface area contributed by atoms with E-state index in [4.69, 9.17) is 4.74 Å². The lowest BCUT2D eigenvalue weighted by Crippen LogP contribution is -2.52. The average molecular weight is 477 g/mol. The fourth-order valence-corrected chi connectivity index (χ4v) is 6.01. The Kier molecular flexibility index (Phi) is 6.26. The number of alkyl carbamates (subject to hydrolysis) is 1. The first kappa shape index (κ1) is 23.4. The molecule has 2 aliphatic heterocycles. The van der Waals surface area contributed by atoms with Gasteiger partial charge < -0.3 is 20.1 Å². The number of ether oxygens (including phenoxy) is 1. The zero-order valence-corrected chi connectivity index (χ0v) is 20.1. The van der Waals surface area contributed by atoms with E-state index in [1.807, 2.05) is 38.1 Å². The molecule has 2 aliphatic carbocycles. The number of benzene rings is 2. The summed E-state index contributed by atoms with van der Waals surface area (Å²) >= 11 is 0. The lowest BCUT2D eigenvalue weighted by atomic mass is 9.74. The van der Waals surface area contributed by atoms with Gasteiger partial charge in [-0.1, -0.05) is 68.8 Å². The molecule has 6 rings (SSSR count). The van der Waals surface area contributed by atoms with Crippen LogP contribution in [0.25, 0.3) is 11.1 Å². The van der Waals surface area contributed by atoms with Crippen LogP contribution in [0.5, 0.6) is 0 Å². The van der Waals surface area contributed by atoms with E-state index in [1.165, 1.54) is 0 Å². The summed E-state index contributed by atoms with van der Waals surface area (Å²) in [5.41, 5.74) is 4.57. The van der Waals surface area contributed by atoms with Gasteiger partial charge in [-0.25, -0.2) is 4.79 Å². The van der Waals surface area contributed by atoms with Crippen molar-refractivity contribution >= 4 is 18.0 Å². The molecule has 2 bridgehead atoms. The van der Waals surface area contributed by atoms with Gasteiger partial charge >= 0.3 is 12.1 Å². The highest BCUT2D eigenvalue weighted by atomic mass is 16.5. The van der Waals surface area contributed by atoms with Crippen LogP contribution in [0.3, 0.4) is 0 Å². The largest absolute Gasteiger partial charge is 0.481 e. The summed E-state index contributed by atoms with van der Waals surface area (Å²) in [5, 5.41) is 12.3. The molecular weight excluding hydrogens is 444 g/mol. The molecule has 1 saturated carbocycles. The van der Waals surface area contributed by atoms with Crippen molar-refractivity contribution in [2.24, 2.45) is 17.8 Å². The highest BCUT2D eigenvalue weighted by Crippen LogP contribution is 2.47. The fourth-order valence-electron chi connectivity index (χ4n) is 6.01. The van der Waals surface area contributed by atoms with Gasteiger partial charge in [-0.2, -0.15) is 0 Å². The summed E-state index contributed by atoms with van der Waals surface area (Å²) < 4.78 is 5.68. The molecule has 7 heteroatoms. The van der Waals surface area contributed by atoms with Gasteiger partial charge in [0.2, 0.25) is 5.91 Å². The zero-order valence-electron chi connectivity index (χ0n) is 20.1. The number of nitrogens with zero attached hydrogens (tertiary/aromatic N) is 1. The number of nitrogens with one attached hydrogen (secondary N) is 1. The molecule has 5 atom stereocenters. The van der Waals surface area contributed by atoms with Gasteiger partial charge in [-0.3, -0.25) is 9.59 Å². The number of hydrogen-bond donors (Lipinski definition) is 2. The van der Waals surface area contributed by atoms with Gasteiger partial charge in [-0.15, -0.1) is 0 Å². The highest BCUT2D eigenvalue weighted by Gasteiger charge is 2.57. The maximum atomic E-state index is 13.4. The second-order valence-corrected chi connectivity index (χ2v) is 10.2. The number of carbonyl (C=O) groups excluding carboxylic acids is 2. The Morgan fingerprint density at radius 2 is 1.71 bits per heavy atom. The molecule has 2 saturated heterocycles. The van der Waals surface area contributed by atoms with Crippen LogP contribution in [-0.4, -0.2) is 53.2 Å². The number of aliphatic carboxylic acids is 1. The predicted molar refractivity (Wildman–Crippen MR) is 131 cm³/mol. The van der Waals surface area contributed by atoms with Gasteiger partial charge in [0.1, 0.15) is 12.6 Å². The first-order valence-electron chi connectivity index (χ1n) is 12.5. The third-order valence-corrected chi connectivity index (χ3v) is 8.14. The van der Waals surface area contributed by atoms with Crippen molar-refractivity contribution in [3.05, 3.63) is 59.7 Å². The second kappa shape index (κ2) is 9.36. The molecule has 184 valence electrons. The van der Waals surface area contributed by atoms with Crippen molar-refractivity contribution in [3.8, 4) is 11.1 Å². The summed E-state index contributed by atoms with van der Waals surface area (Å²) in [6.07, 6.45) is 1.48. The van der Waals surface area contributed by atoms with E-state index in [0.717, 1.165) is 35.1 Å². The number of carboxylic acids is 1. The van der Waals surface area contributed by atoms with Crippen LogP contribution < -0.4 is 5.32 Å². The molecule has 2 N–H and O–H groups in total. The van der Waals surface area contributed by atoms with E-state index in [0.29, 0.717) is 13.0 Å². The van der Waals surface area contributed by atoms with Gasteiger partial charge in [0, 0.05) is 18.5 Å². The summed E-state index contributed by atoms with van der Waals surface area (Å²) in [4.78, 5) is 39.5. The molecule has 2 aromatic rings. The number of hydrogen-bond acceptors (Lipinski definition) is 4. The fraction of sp³-hybridized carbons (Fsp3) is 0.464. The smallest absolute Gasteiger partial charge is 0.407 e. The third kappa shape index (κ3) is 4.17. The maximum absolute atomic E-state index is 13.4. The summed E-state index contributed by atoms with van der Waals surface area (Å²) in [5.74, 6) is -1.35. The van der Waals surface area contributed by atoms with Crippen LogP contribution in [0.2, 0.25) is 0 Å². The minimum Gasteiger partial charge on any atom is -0.481 e. The lowest BCUT2D eigenvalue weighted by Gasteiger charge is -2.34. The number of carbonyl (C=O) groups is 3. The Balaban J connectivity index is 1.26. The van der Waals surface area contributed by atoms with Crippen LogP contribution in [0, 0.1) is 17.8 Å². The number of rotatable bonds is 8. The van der Waals surface area contributed by atoms with E-state index >= 15 is 0 Å². The van der Waals surface area contributed by atoms with Gasteiger partial charge in [0.15, 0.2) is 0 Å². The molecule has 2 amide bonds. The Bertz CT molecular complexity index is 1100. The van der Waals surface area contributed by atoms with Crippen molar-refractivity contribution in [1.29, 1.82) is 0 Å². The minimum atomic E-state index is -0.843. The Morgan fingerprint density at radius 3 is 2.29 bits per heavy atom. The summed E-state index contributed by atoms with van der Waals surface area (Å²) in [7, 11) is 0. The monoisotopic (exact) mass is 476 g/mol. The molecule has 0 radical (unpaired) electrons. The molecule has 0 spiro atoms. The van der Waals surface area contributed by atoms with E-state index in [1.54, 1.807) is 4.90 Å². The van der Waals surface area contributed by atoms with Crippen LogP contribution in [0.1, 0.15) is 50.2 Å². The molecule has 2 aromatic carbocycles. The van der Waals surface area contributed by atoms with Crippen LogP contribution in [0.4, 0.5) is 4.79 Å². The Hall–Kier alpha value is -3.35. The SMILES string of the molecule is CCC(C)CC(NC(=O)OCC1c2ccccc2-c2ccccc21)C(=O)N1CC2CC1C2C(=O)O. The van der Waals surface area contributed by atoms with Gasteiger partial charge in [-0.05, 0) is 46.9 Å². The molecular formula is C28H32N2O5. The van der Waals surface area contributed by atoms with E-state index in [9.17, 15) is 19.5 Å². The standard InChI is InChI=1S/C28H32N2O5/c1-3-16(2)12-23(26(31)30-14-17-13-24(30)25(17)27(32)33)29-28(34)35-15-22-20-10-6-4-8-18(20)19-9-5-7-11-21(19)22/h4-11,16-17,22-25H,3,12-15H2,1-2H3,(H,29,34)(H,32,33). The van der Waals surface area contributed by atoms with E-state index in [2.05, 4.69) is 29.6 Å². The van der Waals surface area contributed by atoms with Gasteiger partial charge in [0.05, 0.1) is 5.92 Å². The Morgan fingerprint density at radius 1 is 1.09 bits per heavy atom. The summed E-state index contributed by atoms with van der Waals surface area (Å²) in [6.45, 7) is 4.72. The maximum Gasteiger partial charge on any atom is 0.407 e. The van der Waals surface area contributed by atoms with E-state index < -0.39 is 24.0 Å². The second-order valence-electron chi connectivity index (χ2n) is 10.2. The molecule has 3 fully saturated rings. The molecule has 5 unspecified atom stereocenters. The normalized spacial score (nSPS) is 23.6. The molecule has 2 heterocycles. The van der Waals surface area contributed by atoms with Crippen LogP contribution in [0.15, 0.2) is 48.5 Å². The van der Waals surface area contributed by atoms with E-state index in [-0.39, 0.29) is 36.3 Å². The van der Waals surface area contributed by atoms with Crippen molar-refractivity contribution in [2.45, 2.75) is 51.1 Å². The molecule has 35 heavy (non-hydrogen) atoms. The quantitative estimate of drug-likeness (QED) is 0.594. The van der Waals surface area contributed by atoms with Crippen molar-refractivity contribution < 1.29 is 24.2 Å². The zero-order chi connectivity index (χ0) is 24.7. The topological polar surface area (TPSA) is 95.9 Å². The third-order valence-electron chi connectivity index (χ3n) is 8.14. The van der Waals surface area contributed by atoms with Crippen molar-refractivity contribution in [3.63, 3.8) is 0 Å². The molecule has 4 aliphatic rings. The van der Waals surface area contributed by atoms with Gasteiger partial charge in [0.25, 0.3) is 0 Å². The number of carboxylic acid groups (broad SMARTS) is 1. The molecule has 0 aromatic heterocycles.